The van der Waals surface area contributed by atoms with E-state index in [1.165, 1.54) is 11.1 Å². The number of fused-ring (bicyclic) bond motifs is 3. The zero-order chi connectivity index (χ0) is 23.2. The Bertz CT molecular complexity index is 1450. The van der Waals surface area contributed by atoms with Crippen LogP contribution in [-0.2, 0) is 19.5 Å². The van der Waals surface area contributed by atoms with E-state index in [9.17, 15) is 9.59 Å². The monoisotopic (exact) mass is 455 g/mol. The van der Waals surface area contributed by atoms with Crippen LogP contribution in [0.4, 0.5) is 0 Å². The summed E-state index contributed by atoms with van der Waals surface area (Å²) in [5.41, 5.74) is 4.49. The first kappa shape index (κ1) is 21.1. The summed E-state index contributed by atoms with van der Waals surface area (Å²) in [5, 5.41) is 0.504. The molecule has 2 aliphatic heterocycles. The lowest BCUT2D eigenvalue weighted by molar-refractivity contribution is 0.0763. The third-order valence-corrected chi connectivity index (χ3v) is 7.37. The standard InChI is InChI=1S/C27H29N5O2/c1-2-12-31-23(16-22-25(31)28-24-9-5-6-13-32(24)26(22)33)27(34)30-15-11-21(18-30)29-14-10-19-7-3-4-8-20(19)17-29/h3-9,13,16,21H,2,10-12,14-15,17-18H2,1H3. The molecule has 7 nitrogen and oxygen atoms in total. The minimum atomic E-state index is -0.129. The number of carbonyl (C=O) groups excluding carboxylic acids is 1. The molecule has 6 rings (SSSR count). The number of hydrogen-bond acceptors (Lipinski definition) is 4. The highest BCUT2D eigenvalue weighted by Crippen LogP contribution is 2.26. The van der Waals surface area contributed by atoms with Crippen molar-refractivity contribution in [1.82, 2.24) is 23.8 Å². The van der Waals surface area contributed by atoms with Crippen LogP contribution >= 0.6 is 0 Å². The van der Waals surface area contributed by atoms with E-state index >= 15 is 0 Å². The van der Waals surface area contributed by atoms with Gasteiger partial charge in [0.25, 0.3) is 11.5 Å². The van der Waals surface area contributed by atoms with Crippen molar-refractivity contribution in [1.29, 1.82) is 0 Å². The first-order chi connectivity index (χ1) is 16.6. The van der Waals surface area contributed by atoms with Crippen molar-refractivity contribution >= 4 is 22.6 Å². The fourth-order valence-electron chi connectivity index (χ4n) is 5.59. The van der Waals surface area contributed by atoms with Crippen LogP contribution in [0.2, 0.25) is 0 Å². The predicted octanol–water partition coefficient (Wildman–Crippen LogP) is 3.33. The fraction of sp³-hybridized carbons (Fsp3) is 0.370. The Morgan fingerprint density at radius 3 is 2.76 bits per heavy atom. The average Bonchev–Trinajstić information content (AvgIpc) is 3.50. The van der Waals surface area contributed by atoms with E-state index < -0.39 is 0 Å². The minimum Gasteiger partial charge on any atom is -0.336 e. The molecule has 1 fully saturated rings. The number of aryl methyl sites for hydroxylation is 1. The molecule has 0 spiro atoms. The van der Waals surface area contributed by atoms with Crippen molar-refractivity contribution in [3.05, 3.63) is 81.9 Å². The Morgan fingerprint density at radius 2 is 1.91 bits per heavy atom. The van der Waals surface area contributed by atoms with Crippen molar-refractivity contribution < 1.29 is 4.79 Å². The van der Waals surface area contributed by atoms with E-state index in [1.807, 2.05) is 27.7 Å². The van der Waals surface area contributed by atoms with Gasteiger partial charge in [0.2, 0.25) is 0 Å². The smallest absolute Gasteiger partial charge is 0.270 e. The predicted molar refractivity (Wildman–Crippen MR) is 132 cm³/mol. The molecule has 3 aromatic heterocycles. The SMILES string of the molecule is CCCn1c(C(=O)N2CCC(N3CCc4ccccc4C3)C2)cc2c(=O)n3ccccc3nc21. The number of benzene rings is 1. The molecular formula is C27H29N5O2. The normalized spacial score (nSPS) is 18.6. The summed E-state index contributed by atoms with van der Waals surface area (Å²) in [4.78, 5) is 36.1. The van der Waals surface area contributed by atoms with Crippen molar-refractivity contribution in [3.63, 3.8) is 0 Å². The zero-order valence-electron chi connectivity index (χ0n) is 19.5. The van der Waals surface area contributed by atoms with Crippen LogP contribution < -0.4 is 5.56 Å². The van der Waals surface area contributed by atoms with E-state index in [-0.39, 0.29) is 11.5 Å². The van der Waals surface area contributed by atoms with Gasteiger partial charge in [-0.2, -0.15) is 0 Å². The largest absolute Gasteiger partial charge is 0.336 e. The van der Waals surface area contributed by atoms with Gasteiger partial charge in [-0.25, -0.2) is 4.98 Å². The maximum absolute atomic E-state index is 13.7. The van der Waals surface area contributed by atoms with Gasteiger partial charge in [-0.15, -0.1) is 0 Å². The molecule has 1 unspecified atom stereocenters. The molecule has 4 aromatic rings. The molecule has 7 heteroatoms. The summed E-state index contributed by atoms with van der Waals surface area (Å²) in [7, 11) is 0. The average molecular weight is 456 g/mol. The van der Waals surface area contributed by atoms with E-state index in [4.69, 9.17) is 4.98 Å². The van der Waals surface area contributed by atoms with Crippen molar-refractivity contribution in [2.75, 3.05) is 19.6 Å². The molecule has 0 saturated carbocycles. The van der Waals surface area contributed by atoms with Gasteiger partial charge in [-0.1, -0.05) is 37.3 Å². The number of nitrogens with zero attached hydrogens (tertiary/aromatic N) is 5. The topological polar surface area (TPSA) is 62.9 Å². The van der Waals surface area contributed by atoms with Gasteiger partial charge < -0.3 is 9.47 Å². The first-order valence-corrected chi connectivity index (χ1v) is 12.2. The molecule has 5 heterocycles. The summed E-state index contributed by atoms with van der Waals surface area (Å²) in [6, 6.07) is 16.3. The van der Waals surface area contributed by atoms with Crippen LogP contribution in [0.3, 0.4) is 0 Å². The van der Waals surface area contributed by atoms with Crippen molar-refractivity contribution in [2.45, 2.75) is 45.3 Å². The highest BCUT2D eigenvalue weighted by atomic mass is 16.2. The molecule has 1 atom stereocenters. The van der Waals surface area contributed by atoms with Gasteiger partial charge in [0.15, 0.2) is 0 Å². The van der Waals surface area contributed by atoms with Gasteiger partial charge >= 0.3 is 0 Å². The van der Waals surface area contributed by atoms with E-state index in [0.29, 0.717) is 35.0 Å². The Labute approximate surface area is 198 Å². The van der Waals surface area contributed by atoms with Gasteiger partial charge in [-0.3, -0.25) is 18.9 Å². The van der Waals surface area contributed by atoms with E-state index in [0.717, 1.165) is 45.4 Å². The Hall–Kier alpha value is -3.45. The second kappa shape index (κ2) is 8.40. The lowest BCUT2D eigenvalue weighted by atomic mass is 9.98. The second-order valence-electron chi connectivity index (χ2n) is 9.45. The number of carbonyl (C=O) groups is 1. The second-order valence-corrected chi connectivity index (χ2v) is 9.45. The Balaban J connectivity index is 1.30. The van der Waals surface area contributed by atoms with Gasteiger partial charge in [0, 0.05) is 45.0 Å². The molecular weight excluding hydrogens is 426 g/mol. The summed E-state index contributed by atoms with van der Waals surface area (Å²) in [6.45, 7) is 6.18. The molecule has 34 heavy (non-hydrogen) atoms. The summed E-state index contributed by atoms with van der Waals surface area (Å²) < 4.78 is 3.49. The highest BCUT2D eigenvalue weighted by molar-refractivity contribution is 5.98. The number of aromatic nitrogens is 3. The summed E-state index contributed by atoms with van der Waals surface area (Å²) in [6.07, 6.45) is 4.63. The Morgan fingerprint density at radius 1 is 1.09 bits per heavy atom. The van der Waals surface area contributed by atoms with Crippen molar-refractivity contribution in [2.24, 2.45) is 0 Å². The molecule has 0 N–H and O–H groups in total. The molecule has 1 saturated heterocycles. The zero-order valence-corrected chi connectivity index (χ0v) is 19.5. The fourth-order valence-corrected chi connectivity index (χ4v) is 5.59. The number of pyridine rings is 1. The quantitative estimate of drug-likeness (QED) is 0.474. The number of likely N-dealkylation sites (tertiary alicyclic amines) is 1. The third-order valence-electron chi connectivity index (χ3n) is 7.37. The van der Waals surface area contributed by atoms with E-state index in [2.05, 4.69) is 36.1 Å². The van der Waals surface area contributed by atoms with Crippen LogP contribution in [-0.4, -0.2) is 55.3 Å². The van der Waals surface area contributed by atoms with Crippen LogP contribution in [0, 0.1) is 0 Å². The van der Waals surface area contributed by atoms with E-state index in [1.54, 1.807) is 16.7 Å². The lowest BCUT2D eigenvalue weighted by Gasteiger charge is -2.33. The van der Waals surface area contributed by atoms with Crippen LogP contribution in [0.15, 0.2) is 59.5 Å². The maximum Gasteiger partial charge on any atom is 0.270 e. The molecule has 174 valence electrons. The summed E-state index contributed by atoms with van der Waals surface area (Å²) in [5.74, 6) is -0.000171. The minimum absolute atomic E-state index is 0.000171. The molecule has 1 amide bonds. The van der Waals surface area contributed by atoms with Gasteiger partial charge in [-0.05, 0) is 48.6 Å². The molecule has 0 bridgehead atoms. The highest BCUT2D eigenvalue weighted by Gasteiger charge is 2.34. The van der Waals surface area contributed by atoms with Crippen LogP contribution in [0.5, 0.6) is 0 Å². The maximum atomic E-state index is 13.7. The number of hydrogen-bond donors (Lipinski definition) is 0. The number of rotatable bonds is 4. The molecule has 1 aromatic carbocycles. The Kier molecular flexibility index (Phi) is 5.21. The van der Waals surface area contributed by atoms with Crippen LogP contribution in [0.25, 0.3) is 16.7 Å². The number of amides is 1. The molecule has 0 aliphatic carbocycles. The molecule has 0 radical (unpaired) electrons. The van der Waals surface area contributed by atoms with Crippen LogP contribution in [0.1, 0.15) is 41.4 Å². The van der Waals surface area contributed by atoms with Gasteiger partial charge in [0.05, 0.1) is 5.39 Å². The van der Waals surface area contributed by atoms with Gasteiger partial charge in [0.1, 0.15) is 17.0 Å². The first-order valence-electron chi connectivity index (χ1n) is 12.2. The molecule has 2 aliphatic rings. The third kappa shape index (κ3) is 3.42. The van der Waals surface area contributed by atoms with Crippen molar-refractivity contribution in [3.8, 4) is 0 Å². The summed E-state index contributed by atoms with van der Waals surface area (Å²) >= 11 is 0. The lowest BCUT2D eigenvalue weighted by Crippen LogP contribution is -2.41.